The van der Waals surface area contributed by atoms with E-state index in [1.54, 1.807) is 7.11 Å². The Balaban J connectivity index is 1.74. The van der Waals surface area contributed by atoms with Crippen LogP contribution in [0.1, 0.15) is 38.7 Å². The van der Waals surface area contributed by atoms with Gasteiger partial charge in [-0.05, 0) is 44.4 Å². The molecule has 0 aliphatic carbocycles. The number of rotatable bonds is 7. The lowest BCUT2D eigenvalue weighted by Gasteiger charge is -2.40. The Morgan fingerprint density at radius 1 is 1.27 bits per heavy atom. The van der Waals surface area contributed by atoms with Crippen molar-refractivity contribution in [3.8, 4) is 5.75 Å². The van der Waals surface area contributed by atoms with Gasteiger partial charge >= 0.3 is 0 Å². The molecule has 4 heteroatoms. The van der Waals surface area contributed by atoms with Gasteiger partial charge in [0.1, 0.15) is 5.75 Å². The number of β-amino-alcohol motifs (C(OH)–C–C–N with tert-alkyl or cyclic N) is 1. The quantitative estimate of drug-likeness (QED) is 0.841. The van der Waals surface area contributed by atoms with Gasteiger partial charge in [-0.1, -0.05) is 18.6 Å². The zero-order chi connectivity index (χ0) is 15.9. The molecule has 0 spiro atoms. The lowest BCUT2D eigenvalue weighted by Crippen LogP contribution is -2.48. The SMILES string of the molecule is COc1cccc(COCC(O)CN2C(C)CCCC2C)c1. The lowest BCUT2D eigenvalue weighted by atomic mass is 9.97. The van der Waals surface area contributed by atoms with Crippen molar-refractivity contribution in [2.75, 3.05) is 20.3 Å². The number of nitrogens with zero attached hydrogens (tertiary/aromatic N) is 1. The zero-order valence-corrected chi connectivity index (χ0v) is 14.0. The van der Waals surface area contributed by atoms with Gasteiger partial charge in [0.15, 0.2) is 0 Å². The number of piperidine rings is 1. The molecule has 0 radical (unpaired) electrons. The van der Waals surface area contributed by atoms with Gasteiger partial charge in [0.25, 0.3) is 0 Å². The van der Waals surface area contributed by atoms with Crippen LogP contribution in [0.2, 0.25) is 0 Å². The summed E-state index contributed by atoms with van der Waals surface area (Å²) in [5.74, 6) is 0.831. The van der Waals surface area contributed by atoms with E-state index in [-0.39, 0.29) is 0 Å². The highest BCUT2D eigenvalue weighted by Gasteiger charge is 2.26. The fourth-order valence-electron chi connectivity index (χ4n) is 3.21. The molecule has 0 aromatic heterocycles. The highest BCUT2D eigenvalue weighted by atomic mass is 16.5. The van der Waals surface area contributed by atoms with Gasteiger partial charge < -0.3 is 14.6 Å². The number of benzene rings is 1. The van der Waals surface area contributed by atoms with Gasteiger partial charge in [-0.2, -0.15) is 0 Å². The second kappa shape index (κ2) is 8.51. The average Bonchev–Trinajstić information content (AvgIpc) is 2.51. The Labute approximate surface area is 134 Å². The third kappa shape index (κ3) is 4.97. The molecule has 1 N–H and O–H groups in total. The number of hydrogen-bond donors (Lipinski definition) is 1. The Kier molecular flexibility index (Phi) is 6.68. The molecule has 0 saturated carbocycles. The summed E-state index contributed by atoms with van der Waals surface area (Å²) in [6, 6.07) is 8.93. The van der Waals surface area contributed by atoms with Crippen LogP contribution in [0.5, 0.6) is 5.75 Å². The summed E-state index contributed by atoms with van der Waals surface area (Å²) in [6.45, 7) is 6.06. The van der Waals surface area contributed by atoms with Gasteiger partial charge in [0.2, 0.25) is 0 Å². The number of aliphatic hydroxyl groups excluding tert-OH is 1. The maximum absolute atomic E-state index is 10.2. The molecule has 1 aromatic carbocycles. The minimum atomic E-state index is -0.436. The first kappa shape index (κ1) is 17.3. The molecule has 3 unspecified atom stereocenters. The van der Waals surface area contributed by atoms with Crippen LogP contribution in [-0.4, -0.2) is 48.5 Å². The molecule has 1 aliphatic rings. The summed E-state index contributed by atoms with van der Waals surface area (Å²) in [7, 11) is 1.66. The minimum absolute atomic E-state index is 0.368. The van der Waals surface area contributed by atoms with Crippen molar-refractivity contribution in [1.82, 2.24) is 4.90 Å². The standard InChI is InChI=1S/C18H29NO3/c1-14-6-4-7-15(2)19(14)11-17(20)13-22-12-16-8-5-9-18(10-16)21-3/h5,8-10,14-15,17,20H,4,6-7,11-13H2,1-3H3. The Bertz CT molecular complexity index is 442. The first-order valence-electron chi connectivity index (χ1n) is 8.24. The van der Waals surface area contributed by atoms with E-state index in [0.29, 0.717) is 31.8 Å². The van der Waals surface area contributed by atoms with Crippen LogP contribution in [0.3, 0.4) is 0 Å². The number of hydrogen-bond acceptors (Lipinski definition) is 4. The molecule has 1 aliphatic heterocycles. The number of likely N-dealkylation sites (tertiary alicyclic amines) is 1. The van der Waals surface area contributed by atoms with Gasteiger partial charge in [0.05, 0.1) is 26.4 Å². The molecule has 0 amide bonds. The monoisotopic (exact) mass is 307 g/mol. The maximum atomic E-state index is 10.2. The fraction of sp³-hybridized carbons (Fsp3) is 0.667. The third-order valence-corrected chi connectivity index (χ3v) is 4.51. The first-order valence-corrected chi connectivity index (χ1v) is 8.24. The Morgan fingerprint density at radius 3 is 2.68 bits per heavy atom. The van der Waals surface area contributed by atoms with Crippen molar-refractivity contribution >= 4 is 0 Å². The van der Waals surface area contributed by atoms with Crippen molar-refractivity contribution in [3.05, 3.63) is 29.8 Å². The topological polar surface area (TPSA) is 41.9 Å². The fourth-order valence-corrected chi connectivity index (χ4v) is 3.21. The van der Waals surface area contributed by atoms with Crippen LogP contribution in [0.25, 0.3) is 0 Å². The smallest absolute Gasteiger partial charge is 0.119 e. The highest BCUT2D eigenvalue weighted by Crippen LogP contribution is 2.22. The number of methoxy groups -OCH3 is 1. The summed E-state index contributed by atoms with van der Waals surface area (Å²) < 4.78 is 10.9. The van der Waals surface area contributed by atoms with Gasteiger partial charge in [-0.3, -0.25) is 4.90 Å². The van der Waals surface area contributed by atoms with Crippen LogP contribution < -0.4 is 4.74 Å². The molecule has 1 aromatic rings. The van der Waals surface area contributed by atoms with Gasteiger partial charge in [-0.25, -0.2) is 0 Å². The summed E-state index contributed by atoms with van der Waals surface area (Å²) in [4.78, 5) is 2.41. The molecule has 22 heavy (non-hydrogen) atoms. The van der Waals surface area contributed by atoms with E-state index < -0.39 is 6.10 Å². The molecule has 0 bridgehead atoms. The number of aliphatic hydroxyl groups is 1. The normalized spacial score (nSPS) is 24.2. The molecule has 124 valence electrons. The highest BCUT2D eigenvalue weighted by molar-refractivity contribution is 5.27. The summed E-state index contributed by atoms with van der Waals surface area (Å²) >= 11 is 0. The number of ether oxygens (including phenoxy) is 2. The molecular weight excluding hydrogens is 278 g/mol. The van der Waals surface area contributed by atoms with Gasteiger partial charge in [-0.15, -0.1) is 0 Å². The van der Waals surface area contributed by atoms with Crippen molar-refractivity contribution in [2.24, 2.45) is 0 Å². The van der Waals surface area contributed by atoms with Crippen molar-refractivity contribution < 1.29 is 14.6 Å². The zero-order valence-electron chi connectivity index (χ0n) is 14.0. The van der Waals surface area contributed by atoms with Crippen LogP contribution in [-0.2, 0) is 11.3 Å². The van der Waals surface area contributed by atoms with E-state index >= 15 is 0 Å². The second-order valence-corrected chi connectivity index (χ2v) is 6.35. The van der Waals surface area contributed by atoms with E-state index in [9.17, 15) is 5.11 Å². The third-order valence-electron chi connectivity index (χ3n) is 4.51. The predicted molar refractivity (Wildman–Crippen MR) is 88.1 cm³/mol. The maximum Gasteiger partial charge on any atom is 0.119 e. The van der Waals surface area contributed by atoms with Crippen LogP contribution in [0.15, 0.2) is 24.3 Å². The van der Waals surface area contributed by atoms with E-state index in [0.717, 1.165) is 11.3 Å². The van der Waals surface area contributed by atoms with Crippen molar-refractivity contribution in [3.63, 3.8) is 0 Å². The first-order chi connectivity index (χ1) is 10.6. The summed E-state index contributed by atoms with van der Waals surface area (Å²) in [6.07, 6.45) is 3.30. The summed E-state index contributed by atoms with van der Waals surface area (Å²) in [5, 5.41) is 10.2. The van der Waals surface area contributed by atoms with E-state index in [2.05, 4.69) is 18.7 Å². The predicted octanol–water partition coefficient (Wildman–Crippen LogP) is 2.84. The van der Waals surface area contributed by atoms with Crippen molar-refractivity contribution in [2.45, 2.75) is 57.9 Å². The molecular formula is C18H29NO3. The van der Waals surface area contributed by atoms with Crippen molar-refractivity contribution in [1.29, 1.82) is 0 Å². The molecule has 1 fully saturated rings. The van der Waals surface area contributed by atoms with Crippen LogP contribution >= 0.6 is 0 Å². The second-order valence-electron chi connectivity index (χ2n) is 6.35. The van der Waals surface area contributed by atoms with E-state index in [1.807, 2.05) is 24.3 Å². The largest absolute Gasteiger partial charge is 0.497 e. The molecule has 1 heterocycles. The van der Waals surface area contributed by atoms with Crippen LogP contribution in [0.4, 0.5) is 0 Å². The Hall–Kier alpha value is -1.10. The molecule has 2 rings (SSSR count). The van der Waals surface area contributed by atoms with Gasteiger partial charge in [0, 0.05) is 18.6 Å². The molecule has 3 atom stereocenters. The Morgan fingerprint density at radius 2 is 2.00 bits per heavy atom. The molecule has 4 nitrogen and oxygen atoms in total. The van der Waals surface area contributed by atoms with E-state index in [1.165, 1.54) is 19.3 Å². The average molecular weight is 307 g/mol. The summed E-state index contributed by atoms with van der Waals surface area (Å²) in [5.41, 5.74) is 1.06. The minimum Gasteiger partial charge on any atom is -0.497 e. The van der Waals surface area contributed by atoms with E-state index in [4.69, 9.17) is 9.47 Å². The lowest BCUT2D eigenvalue weighted by molar-refractivity contribution is -0.0135. The van der Waals surface area contributed by atoms with Crippen LogP contribution in [0, 0.1) is 0 Å². The molecule has 1 saturated heterocycles.